The lowest BCUT2D eigenvalue weighted by atomic mass is 9.81. The lowest BCUT2D eigenvalue weighted by Gasteiger charge is -2.25. The van der Waals surface area contributed by atoms with Crippen molar-refractivity contribution in [3.8, 4) is 23.0 Å². The zero-order valence-electron chi connectivity index (χ0n) is 15.7. The first-order valence-electron chi connectivity index (χ1n) is 8.59. The predicted molar refractivity (Wildman–Crippen MR) is 103 cm³/mol. The maximum absolute atomic E-state index is 6.35. The first kappa shape index (κ1) is 18.0. The third-order valence-electron chi connectivity index (χ3n) is 4.79. The number of hydrogen-bond donors (Lipinski definition) is 1. The first-order valence-corrected chi connectivity index (χ1v) is 8.59. The minimum absolute atomic E-state index is 0.583. The molecule has 0 atom stereocenters. The van der Waals surface area contributed by atoms with Gasteiger partial charge >= 0.3 is 0 Å². The van der Waals surface area contributed by atoms with Crippen LogP contribution in [0.4, 0.5) is 5.69 Å². The maximum Gasteiger partial charge on any atom is 0.203 e. The molecule has 26 heavy (non-hydrogen) atoms. The van der Waals surface area contributed by atoms with E-state index in [1.165, 1.54) is 12.0 Å². The molecule has 0 saturated heterocycles. The maximum atomic E-state index is 6.35. The molecule has 0 heterocycles. The standard InChI is InChI=1S/C21H25NO4/c1-23-15-8-9-16(17(22)12-15)20(13-6-5-7-13)14-10-18(24-2)21(26-4)19(11-14)25-3/h8-12H,5-7,22H2,1-4H3. The van der Waals surface area contributed by atoms with Gasteiger partial charge in [-0.2, -0.15) is 0 Å². The van der Waals surface area contributed by atoms with Crippen molar-refractivity contribution in [2.75, 3.05) is 34.2 Å². The summed E-state index contributed by atoms with van der Waals surface area (Å²) in [5.41, 5.74) is 11.6. The van der Waals surface area contributed by atoms with E-state index in [0.717, 1.165) is 35.3 Å². The van der Waals surface area contributed by atoms with E-state index < -0.39 is 0 Å². The molecule has 2 aromatic rings. The number of allylic oxidation sites excluding steroid dienone is 1. The molecule has 3 rings (SSSR count). The van der Waals surface area contributed by atoms with Gasteiger partial charge in [0.1, 0.15) is 5.75 Å². The summed E-state index contributed by atoms with van der Waals surface area (Å²) in [5.74, 6) is 2.59. The molecule has 5 nitrogen and oxygen atoms in total. The molecule has 1 fully saturated rings. The Morgan fingerprint density at radius 3 is 1.92 bits per heavy atom. The lowest BCUT2D eigenvalue weighted by Crippen LogP contribution is -2.06. The highest BCUT2D eigenvalue weighted by molar-refractivity contribution is 5.89. The Morgan fingerprint density at radius 1 is 0.846 bits per heavy atom. The molecule has 0 aromatic heterocycles. The largest absolute Gasteiger partial charge is 0.497 e. The second kappa shape index (κ2) is 7.60. The van der Waals surface area contributed by atoms with Gasteiger partial charge in [0.05, 0.1) is 28.4 Å². The molecule has 0 unspecified atom stereocenters. The minimum Gasteiger partial charge on any atom is -0.497 e. The summed E-state index contributed by atoms with van der Waals surface area (Å²) < 4.78 is 21.8. The third kappa shape index (κ3) is 3.17. The van der Waals surface area contributed by atoms with Crippen molar-refractivity contribution in [3.05, 3.63) is 47.0 Å². The normalized spacial score (nSPS) is 13.0. The molecule has 2 N–H and O–H groups in total. The van der Waals surface area contributed by atoms with Crippen LogP contribution >= 0.6 is 0 Å². The number of anilines is 1. The van der Waals surface area contributed by atoms with Crippen LogP contribution in [0, 0.1) is 0 Å². The average Bonchev–Trinajstić information content (AvgIpc) is 2.63. The molecule has 5 heteroatoms. The summed E-state index contributed by atoms with van der Waals surface area (Å²) in [5, 5.41) is 0. The minimum atomic E-state index is 0.583. The topological polar surface area (TPSA) is 62.9 Å². The highest BCUT2D eigenvalue weighted by Crippen LogP contribution is 2.45. The van der Waals surface area contributed by atoms with Crippen molar-refractivity contribution in [1.29, 1.82) is 0 Å². The Balaban J connectivity index is 2.20. The van der Waals surface area contributed by atoms with Crippen LogP contribution < -0.4 is 24.7 Å². The monoisotopic (exact) mass is 355 g/mol. The number of methoxy groups -OCH3 is 4. The van der Waals surface area contributed by atoms with E-state index in [9.17, 15) is 0 Å². The second-order valence-electron chi connectivity index (χ2n) is 6.20. The lowest BCUT2D eigenvalue weighted by molar-refractivity contribution is 0.324. The Labute approximate surface area is 154 Å². The van der Waals surface area contributed by atoms with Crippen LogP contribution in [0.5, 0.6) is 23.0 Å². The van der Waals surface area contributed by atoms with Crippen molar-refractivity contribution in [3.63, 3.8) is 0 Å². The van der Waals surface area contributed by atoms with E-state index in [2.05, 4.69) is 0 Å². The number of nitrogen functional groups attached to an aromatic ring is 1. The predicted octanol–water partition coefficient (Wildman–Crippen LogP) is 4.29. The molecule has 0 spiro atoms. The molecular weight excluding hydrogens is 330 g/mol. The summed E-state index contributed by atoms with van der Waals surface area (Å²) in [6, 6.07) is 9.75. The smallest absolute Gasteiger partial charge is 0.203 e. The van der Waals surface area contributed by atoms with Gasteiger partial charge in [0.25, 0.3) is 0 Å². The summed E-state index contributed by atoms with van der Waals surface area (Å²) in [6.45, 7) is 0. The van der Waals surface area contributed by atoms with Gasteiger partial charge < -0.3 is 24.7 Å². The van der Waals surface area contributed by atoms with Crippen LogP contribution in [0.3, 0.4) is 0 Å². The number of rotatable bonds is 6. The zero-order chi connectivity index (χ0) is 18.7. The van der Waals surface area contributed by atoms with Gasteiger partial charge in [-0.3, -0.25) is 0 Å². The van der Waals surface area contributed by atoms with Crippen LogP contribution in [0.15, 0.2) is 35.9 Å². The summed E-state index contributed by atoms with van der Waals surface area (Å²) in [4.78, 5) is 0. The van der Waals surface area contributed by atoms with Crippen LogP contribution in [0.2, 0.25) is 0 Å². The molecular formula is C21H25NO4. The van der Waals surface area contributed by atoms with Gasteiger partial charge in [-0.15, -0.1) is 0 Å². The molecule has 1 aliphatic rings. The van der Waals surface area contributed by atoms with Crippen molar-refractivity contribution < 1.29 is 18.9 Å². The summed E-state index contributed by atoms with van der Waals surface area (Å²) in [7, 11) is 6.49. The molecule has 1 saturated carbocycles. The van der Waals surface area contributed by atoms with Gasteiger partial charge in [-0.05, 0) is 54.7 Å². The number of benzene rings is 2. The molecule has 2 aromatic carbocycles. The number of nitrogens with two attached hydrogens (primary N) is 1. The third-order valence-corrected chi connectivity index (χ3v) is 4.79. The Kier molecular flexibility index (Phi) is 5.26. The zero-order valence-corrected chi connectivity index (χ0v) is 15.7. The van der Waals surface area contributed by atoms with Crippen LogP contribution in [0.1, 0.15) is 30.4 Å². The van der Waals surface area contributed by atoms with Gasteiger partial charge in [-0.1, -0.05) is 5.57 Å². The second-order valence-corrected chi connectivity index (χ2v) is 6.20. The SMILES string of the molecule is COc1ccc(C(=C2CCC2)c2cc(OC)c(OC)c(OC)c2)c(N)c1. The molecule has 1 aliphatic carbocycles. The molecule has 0 radical (unpaired) electrons. The number of hydrogen-bond acceptors (Lipinski definition) is 5. The highest BCUT2D eigenvalue weighted by atomic mass is 16.5. The van der Waals surface area contributed by atoms with E-state index in [1.54, 1.807) is 28.4 Å². The van der Waals surface area contributed by atoms with E-state index in [0.29, 0.717) is 22.9 Å². The summed E-state index contributed by atoms with van der Waals surface area (Å²) >= 11 is 0. The molecule has 138 valence electrons. The van der Waals surface area contributed by atoms with Gasteiger partial charge in [-0.25, -0.2) is 0 Å². The van der Waals surface area contributed by atoms with E-state index >= 15 is 0 Å². The number of ether oxygens (including phenoxy) is 4. The molecule has 0 amide bonds. The fourth-order valence-electron chi connectivity index (χ4n) is 3.27. The Hall–Kier alpha value is -2.82. The Morgan fingerprint density at radius 2 is 1.50 bits per heavy atom. The van der Waals surface area contributed by atoms with E-state index in [1.807, 2.05) is 30.3 Å². The quantitative estimate of drug-likeness (QED) is 0.783. The van der Waals surface area contributed by atoms with Crippen LogP contribution in [0.25, 0.3) is 5.57 Å². The van der Waals surface area contributed by atoms with Crippen molar-refractivity contribution >= 4 is 11.3 Å². The van der Waals surface area contributed by atoms with Crippen molar-refractivity contribution in [1.82, 2.24) is 0 Å². The van der Waals surface area contributed by atoms with Crippen molar-refractivity contribution in [2.24, 2.45) is 0 Å². The van der Waals surface area contributed by atoms with E-state index in [-0.39, 0.29) is 0 Å². The Bertz CT molecular complexity index is 811. The fourth-order valence-corrected chi connectivity index (χ4v) is 3.27. The van der Waals surface area contributed by atoms with Gasteiger partial charge in [0, 0.05) is 17.3 Å². The average molecular weight is 355 g/mol. The summed E-state index contributed by atoms with van der Waals surface area (Å²) in [6.07, 6.45) is 3.33. The van der Waals surface area contributed by atoms with Gasteiger partial charge in [0.2, 0.25) is 5.75 Å². The van der Waals surface area contributed by atoms with Gasteiger partial charge in [0.15, 0.2) is 11.5 Å². The highest BCUT2D eigenvalue weighted by Gasteiger charge is 2.22. The van der Waals surface area contributed by atoms with E-state index in [4.69, 9.17) is 24.7 Å². The molecule has 0 aliphatic heterocycles. The van der Waals surface area contributed by atoms with Crippen LogP contribution in [-0.4, -0.2) is 28.4 Å². The first-order chi connectivity index (χ1) is 12.6. The van der Waals surface area contributed by atoms with Crippen molar-refractivity contribution in [2.45, 2.75) is 19.3 Å². The van der Waals surface area contributed by atoms with Crippen LogP contribution in [-0.2, 0) is 0 Å². The fraction of sp³-hybridized carbons (Fsp3) is 0.333. The molecule has 0 bridgehead atoms.